The van der Waals surface area contributed by atoms with Crippen molar-refractivity contribution in [2.24, 2.45) is 0 Å². The fourth-order valence-electron chi connectivity index (χ4n) is 3.02. The number of carbonyl (C=O) groups is 2. The first-order valence-electron chi connectivity index (χ1n) is 10.00. The third-order valence-electron chi connectivity index (χ3n) is 4.76. The van der Waals surface area contributed by atoms with Gasteiger partial charge in [-0.15, -0.1) is 0 Å². The second-order valence-electron chi connectivity index (χ2n) is 7.26. The summed E-state index contributed by atoms with van der Waals surface area (Å²) in [6.45, 7) is 1.94. The van der Waals surface area contributed by atoms with E-state index >= 15 is 0 Å². The van der Waals surface area contributed by atoms with Crippen LogP contribution < -0.4 is 15.5 Å². The van der Waals surface area contributed by atoms with Gasteiger partial charge in [0.1, 0.15) is 5.82 Å². The first-order valence-corrected chi connectivity index (χ1v) is 10.00. The Balaban J connectivity index is 1.73. The van der Waals surface area contributed by atoms with Gasteiger partial charge in [-0.1, -0.05) is 23.8 Å². The molecular formula is C24H21F4N3O2. The molecule has 3 aromatic rings. The van der Waals surface area contributed by atoms with Gasteiger partial charge >= 0.3 is 12.2 Å². The number of hydrogen-bond donors (Lipinski definition) is 2. The maximum Gasteiger partial charge on any atom is 0.416 e. The zero-order valence-corrected chi connectivity index (χ0v) is 17.6. The highest BCUT2D eigenvalue weighted by molar-refractivity contribution is 6.02. The second-order valence-corrected chi connectivity index (χ2v) is 7.26. The summed E-state index contributed by atoms with van der Waals surface area (Å²) in [6, 6.07) is 15.5. The molecule has 2 N–H and O–H groups in total. The van der Waals surface area contributed by atoms with Crippen LogP contribution in [0.4, 0.5) is 33.7 Å². The summed E-state index contributed by atoms with van der Waals surface area (Å²) in [5.74, 6) is -0.850. The highest BCUT2D eigenvalue weighted by atomic mass is 19.4. The smallest absolute Gasteiger partial charge is 0.350 e. The molecule has 0 aromatic heterocycles. The Morgan fingerprint density at radius 2 is 1.61 bits per heavy atom. The highest BCUT2D eigenvalue weighted by Gasteiger charge is 2.30. The fraction of sp³-hybridized carbons (Fsp3) is 0.167. The lowest BCUT2D eigenvalue weighted by Crippen LogP contribution is -2.41. The monoisotopic (exact) mass is 459 g/mol. The van der Waals surface area contributed by atoms with Gasteiger partial charge < -0.3 is 10.6 Å². The van der Waals surface area contributed by atoms with E-state index in [4.69, 9.17) is 0 Å². The van der Waals surface area contributed by atoms with Gasteiger partial charge in [0.2, 0.25) is 0 Å². The molecule has 0 aliphatic carbocycles. The molecule has 3 aromatic carbocycles. The summed E-state index contributed by atoms with van der Waals surface area (Å²) in [5, 5.41) is 5.12. The zero-order chi connectivity index (χ0) is 24.0. The van der Waals surface area contributed by atoms with Crippen LogP contribution in [0.3, 0.4) is 0 Å². The Bertz CT molecular complexity index is 1110. The largest absolute Gasteiger partial charge is 0.416 e. The average molecular weight is 459 g/mol. The number of benzene rings is 3. The van der Waals surface area contributed by atoms with E-state index in [0.717, 1.165) is 29.8 Å². The van der Waals surface area contributed by atoms with Crippen LogP contribution in [0.1, 0.15) is 21.5 Å². The van der Waals surface area contributed by atoms with Crippen molar-refractivity contribution in [3.63, 3.8) is 0 Å². The van der Waals surface area contributed by atoms with Gasteiger partial charge in [-0.3, -0.25) is 9.69 Å². The maximum absolute atomic E-state index is 13.3. The lowest BCUT2D eigenvalue weighted by atomic mass is 10.1. The number of hydrogen-bond acceptors (Lipinski definition) is 2. The van der Waals surface area contributed by atoms with Crippen molar-refractivity contribution in [3.05, 3.63) is 95.3 Å². The number of halogens is 4. The molecule has 0 heterocycles. The van der Waals surface area contributed by atoms with Gasteiger partial charge in [0.25, 0.3) is 5.91 Å². The van der Waals surface area contributed by atoms with E-state index in [2.05, 4.69) is 10.6 Å². The Kier molecular flexibility index (Phi) is 7.32. The Hall–Kier alpha value is -3.88. The minimum absolute atomic E-state index is 0.00592. The Morgan fingerprint density at radius 1 is 0.939 bits per heavy atom. The molecule has 0 saturated heterocycles. The summed E-state index contributed by atoms with van der Waals surface area (Å²) in [5.41, 5.74) is 0.803. The van der Waals surface area contributed by atoms with Crippen LogP contribution in [0.5, 0.6) is 0 Å². The standard InChI is InChI=1S/C24H21F4N3O2/c1-16-5-7-17(8-6-16)22(32)29-13-14-31(21-11-9-19(25)10-12-21)23(33)30-20-4-2-3-18(15-20)24(26,27)28/h2-12,15H,13-14H2,1H3,(H,29,32)(H,30,33). The van der Waals surface area contributed by atoms with Gasteiger partial charge in [0, 0.05) is 30.0 Å². The van der Waals surface area contributed by atoms with Crippen LogP contribution >= 0.6 is 0 Å². The van der Waals surface area contributed by atoms with Crippen LogP contribution in [-0.4, -0.2) is 25.0 Å². The molecular weight excluding hydrogens is 438 g/mol. The minimum atomic E-state index is -4.56. The van der Waals surface area contributed by atoms with E-state index < -0.39 is 23.6 Å². The van der Waals surface area contributed by atoms with E-state index in [-0.39, 0.29) is 24.7 Å². The molecule has 3 amide bonds. The van der Waals surface area contributed by atoms with E-state index in [9.17, 15) is 27.2 Å². The predicted molar refractivity (Wildman–Crippen MR) is 118 cm³/mol. The first kappa shape index (κ1) is 23.8. The molecule has 0 aliphatic rings. The number of amides is 3. The molecule has 0 unspecified atom stereocenters. The summed E-state index contributed by atoms with van der Waals surface area (Å²) in [6.07, 6.45) is -4.56. The molecule has 33 heavy (non-hydrogen) atoms. The number of nitrogens with one attached hydrogen (secondary N) is 2. The molecule has 0 radical (unpaired) electrons. The Morgan fingerprint density at radius 3 is 2.24 bits per heavy atom. The van der Waals surface area contributed by atoms with Crippen LogP contribution in [0.25, 0.3) is 0 Å². The van der Waals surface area contributed by atoms with Gasteiger partial charge in [0.15, 0.2) is 0 Å². The quantitative estimate of drug-likeness (QED) is 0.470. The minimum Gasteiger partial charge on any atom is -0.350 e. The lowest BCUT2D eigenvalue weighted by Gasteiger charge is -2.24. The highest BCUT2D eigenvalue weighted by Crippen LogP contribution is 2.30. The predicted octanol–water partition coefficient (Wildman–Crippen LogP) is 5.62. The van der Waals surface area contributed by atoms with Crippen molar-refractivity contribution in [1.82, 2.24) is 5.32 Å². The van der Waals surface area contributed by atoms with Crippen LogP contribution in [0.2, 0.25) is 0 Å². The van der Waals surface area contributed by atoms with Crippen LogP contribution in [-0.2, 0) is 6.18 Å². The molecule has 0 aliphatic heterocycles. The summed E-state index contributed by atoms with van der Waals surface area (Å²) in [7, 11) is 0. The molecule has 5 nitrogen and oxygen atoms in total. The zero-order valence-electron chi connectivity index (χ0n) is 17.6. The lowest BCUT2D eigenvalue weighted by molar-refractivity contribution is -0.137. The molecule has 0 atom stereocenters. The number of rotatable bonds is 6. The molecule has 0 fully saturated rings. The molecule has 172 valence electrons. The van der Waals surface area contributed by atoms with Crippen molar-refractivity contribution in [1.29, 1.82) is 0 Å². The first-order chi connectivity index (χ1) is 15.6. The molecule has 0 spiro atoms. The molecule has 0 saturated carbocycles. The van der Waals surface area contributed by atoms with Crippen molar-refractivity contribution in [3.8, 4) is 0 Å². The number of urea groups is 1. The van der Waals surface area contributed by atoms with E-state index in [1.807, 2.05) is 6.92 Å². The van der Waals surface area contributed by atoms with E-state index in [0.29, 0.717) is 11.3 Å². The summed E-state index contributed by atoms with van der Waals surface area (Å²) in [4.78, 5) is 26.4. The van der Waals surface area contributed by atoms with Crippen molar-refractivity contribution in [2.45, 2.75) is 13.1 Å². The topological polar surface area (TPSA) is 61.4 Å². The maximum atomic E-state index is 13.3. The van der Waals surface area contributed by atoms with Crippen molar-refractivity contribution in [2.75, 3.05) is 23.3 Å². The number of nitrogens with zero attached hydrogens (tertiary/aromatic N) is 1. The number of alkyl halides is 3. The van der Waals surface area contributed by atoms with E-state index in [1.165, 1.54) is 29.2 Å². The van der Waals surface area contributed by atoms with Gasteiger partial charge in [-0.05, 0) is 61.5 Å². The summed E-state index contributed by atoms with van der Waals surface area (Å²) >= 11 is 0. The van der Waals surface area contributed by atoms with E-state index in [1.54, 1.807) is 24.3 Å². The number of carbonyl (C=O) groups excluding carboxylic acids is 2. The second kappa shape index (κ2) is 10.2. The third kappa shape index (κ3) is 6.55. The fourth-order valence-corrected chi connectivity index (χ4v) is 3.02. The summed E-state index contributed by atoms with van der Waals surface area (Å²) < 4.78 is 52.3. The van der Waals surface area contributed by atoms with Crippen LogP contribution in [0.15, 0.2) is 72.8 Å². The SMILES string of the molecule is Cc1ccc(C(=O)NCCN(C(=O)Nc2cccc(C(F)(F)F)c2)c2ccc(F)cc2)cc1. The molecule has 9 heteroatoms. The number of aryl methyl sites for hydroxylation is 1. The molecule has 3 rings (SSSR count). The van der Waals surface area contributed by atoms with Gasteiger partial charge in [0.05, 0.1) is 5.56 Å². The van der Waals surface area contributed by atoms with Crippen molar-refractivity contribution >= 4 is 23.3 Å². The van der Waals surface area contributed by atoms with Gasteiger partial charge in [-0.25, -0.2) is 9.18 Å². The number of anilines is 2. The van der Waals surface area contributed by atoms with Crippen molar-refractivity contribution < 1.29 is 27.2 Å². The normalized spacial score (nSPS) is 11.1. The van der Waals surface area contributed by atoms with Crippen LogP contribution in [0, 0.1) is 12.7 Å². The third-order valence-corrected chi connectivity index (χ3v) is 4.76. The average Bonchev–Trinajstić information content (AvgIpc) is 2.77. The molecule has 0 bridgehead atoms. The Labute approximate surface area is 188 Å². The van der Waals surface area contributed by atoms with Gasteiger partial charge in [-0.2, -0.15) is 13.2 Å².